The minimum atomic E-state index is -2.50. The molecule has 2 rings (SSSR count). The molecular formula is C14H15F2NO3S. The molecule has 1 aliphatic carbocycles. The Labute approximate surface area is 124 Å². The first-order valence-electron chi connectivity index (χ1n) is 6.49. The smallest absolute Gasteiger partial charge is 0.305 e. The third-order valence-corrected chi connectivity index (χ3v) is 4.24. The summed E-state index contributed by atoms with van der Waals surface area (Å²) in [5, 5.41) is 11.7. The summed E-state index contributed by atoms with van der Waals surface area (Å²) in [7, 11) is 0. The zero-order valence-corrected chi connectivity index (χ0v) is 12.0. The van der Waals surface area contributed by atoms with Gasteiger partial charge in [0.05, 0.1) is 12.0 Å². The molecule has 0 radical (unpaired) electrons. The average molecular weight is 315 g/mol. The first-order valence-corrected chi connectivity index (χ1v) is 7.37. The van der Waals surface area contributed by atoms with Gasteiger partial charge in [-0.2, -0.15) is 8.78 Å². The van der Waals surface area contributed by atoms with Crippen molar-refractivity contribution >= 4 is 23.6 Å². The Kier molecular flexibility index (Phi) is 4.82. The molecule has 0 unspecified atom stereocenters. The van der Waals surface area contributed by atoms with Crippen molar-refractivity contribution in [2.75, 3.05) is 0 Å². The van der Waals surface area contributed by atoms with Crippen molar-refractivity contribution in [1.29, 1.82) is 0 Å². The van der Waals surface area contributed by atoms with Crippen LogP contribution in [-0.2, 0) is 4.79 Å². The second-order valence-corrected chi connectivity index (χ2v) is 6.12. The van der Waals surface area contributed by atoms with Gasteiger partial charge in [0.2, 0.25) is 0 Å². The van der Waals surface area contributed by atoms with Crippen LogP contribution in [0, 0.1) is 0 Å². The van der Waals surface area contributed by atoms with E-state index in [-0.39, 0.29) is 12.3 Å². The third kappa shape index (κ3) is 4.17. The van der Waals surface area contributed by atoms with E-state index in [1.807, 2.05) is 0 Å². The number of alkyl halides is 2. The molecule has 1 saturated carbocycles. The monoisotopic (exact) mass is 315 g/mol. The summed E-state index contributed by atoms with van der Waals surface area (Å²) in [6.45, 7) is 0. The fraction of sp³-hybridized carbons (Fsp3) is 0.429. The lowest BCUT2D eigenvalue weighted by atomic mass is 9.74. The molecule has 0 saturated heterocycles. The van der Waals surface area contributed by atoms with Crippen LogP contribution in [-0.4, -0.2) is 28.3 Å². The van der Waals surface area contributed by atoms with Crippen LogP contribution in [0.5, 0.6) is 0 Å². The van der Waals surface area contributed by atoms with Crippen LogP contribution in [0.1, 0.15) is 36.0 Å². The van der Waals surface area contributed by atoms with Crippen molar-refractivity contribution in [2.24, 2.45) is 0 Å². The van der Waals surface area contributed by atoms with E-state index in [2.05, 4.69) is 5.32 Å². The maximum Gasteiger partial charge on any atom is 0.305 e. The molecule has 4 nitrogen and oxygen atoms in total. The molecular weight excluding hydrogens is 300 g/mol. The topological polar surface area (TPSA) is 66.4 Å². The Balaban J connectivity index is 2.01. The van der Waals surface area contributed by atoms with Crippen LogP contribution < -0.4 is 5.32 Å². The van der Waals surface area contributed by atoms with Gasteiger partial charge < -0.3 is 10.4 Å². The fourth-order valence-corrected chi connectivity index (χ4v) is 2.84. The van der Waals surface area contributed by atoms with E-state index in [9.17, 15) is 18.4 Å². The second-order valence-electron chi connectivity index (χ2n) is 5.06. The first-order chi connectivity index (χ1) is 9.90. The van der Waals surface area contributed by atoms with Gasteiger partial charge in [-0.25, -0.2) is 0 Å². The van der Waals surface area contributed by atoms with E-state index in [0.29, 0.717) is 35.1 Å². The van der Waals surface area contributed by atoms with Crippen molar-refractivity contribution < 1.29 is 23.5 Å². The molecule has 1 amide bonds. The van der Waals surface area contributed by atoms with Crippen molar-refractivity contribution in [3.8, 4) is 0 Å². The number of amides is 1. The van der Waals surface area contributed by atoms with E-state index in [0.717, 1.165) is 6.42 Å². The standard InChI is InChI=1S/C14H15F2NO3S/c15-13(16)21-10-4-2-9(3-5-10)12(20)17-14(6-1-7-14)8-11(18)19/h2-5,13H,1,6-8H2,(H,17,20)(H,18,19). The first kappa shape index (κ1) is 15.8. The molecule has 0 aromatic heterocycles. The number of halogens is 2. The molecule has 1 aromatic carbocycles. The molecule has 2 N–H and O–H groups in total. The number of carbonyl (C=O) groups is 2. The Morgan fingerprint density at radius 3 is 2.33 bits per heavy atom. The maximum absolute atomic E-state index is 12.2. The summed E-state index contributed by atoms with van der Waals surface area (Å²) in [6, 6.07) is 5.84. The average Bonchev–Trinajstić information content (AvgIpc) is 2.35. The number of rotatable bonds is 6. The number of hydrogen-bond acceptors (Lipinski definition) is 3. The van der Waals surface area contributed by atoms with Gasteiger partial charge in [-0.1, -0.05) is 11.8 Å². The molecule has 0 bridgehead atoms. The van der Waals surface area contributed by atoms with Gasteiger partial charge in [0.15, 0.2) is 0 Å². The van der Waals surface area contributed by atoms with Gasteiger partial charge in [0, 0.05) is 10.5 Å². The minimum absolute atomic E-state index is 0.0991. The number of benzene rings is 1. The van der Waals surface area contributed by atoms with Gasteiger partial charge in [0.25, 0.3) is 11.7 Å². The van der Waals surface area contributed by atoms with Crippen LogP contribution >= 0.6 is 11.8 Å². The van der Waals surface area contributed by atoms with Crippen LogP contribution in [0.4, 0.5) is 8.78 Å². The highest BCUT2D eigenvalue weighted by Gasteiger charge is 2.40. The van der Waals surface area contributed by atoms with E-state index in [4.69, 9.17) is 5.11 Å². The number of hydrogen-bond donors (Lipinski definition) is 2. The maximum atomic E-state index is 12.2. The molecule has 7 heteroatoms. The molecule has 0 aliphatic heterocycles. The molecule has 0 heterocycles. The highest BCUT2D eigenvalue weighted by Crippen LogP contribution is 2.35. The van der Waals surface area contributed by atoms with Crippen molar-refractivity contribution in [2.45, 2.75) is 41.9 Å². The largest absolute Gasteiger partial charge is 0.481 e. The number of thioether (sulfide) groups is 1. The zero-order valence-electron chi connectivity index (χ0n) is 11.1. The van der Waals surface area contributed by atoms with E-state index in [1.165, 1.54) is 24.3 Å². The van der Waals surface area contributed by atoms with Gasteiger partial charge in [-0.05, 0) is 43.5 Å². The lowest BCUT2D eigenvalue weighted by molar-refractivity contribution is -0.139. The highest BCUT2D eigenvalue weighted by molar-refractivity contribution is 7.99. The fourth-order valence-electron chi connectivity index (χ4n) is 2.34. The zero-order chi connectivity index (χ0) is 15.5. The number of carboxylic acid groups (broad SMARTS) is 1. The number of carbonyl (C=O) groups excluding carboxylic acids is 1. The SMILES string of the molecule is O=C(O)CC1(NC(=O)c2ccc(SC(F)F)cc2)CCC1. The molecule has 1 aromatic rings. The molecule has 1 aliphatic rings. The summed E-state index contributed by atoms with van der Waals surface area (Å²) in [4.78, 5) is 23.3. The van der Waals surface area contributed by atoms with E-state index >= 15 is 0 Å². The summed E-state index contributed by atoms with van der Waals surface area (Å²) in [5.74, 6) is -3.82. The minimum Gasteiger partial charge on any atom is -0.481 e. The van der Waals surface area contributed by atoms with E-state index in [1.54, 1.807) is 0 Å². The Hall–Kier alpha value is -1.63. The lowest BCUT2D eigenvalue weighted by Crippen LogP contribution is -2.54. The lowest BCUT2D eigenvalue weighted by Gasteiger charge is -2.41. The van der Waals surface area contributed by atoms with Gasteiger partial charge in [-0.3, -0.25) is 9.59 Å². The second kappa shape index (κ2) is 6.43. The van der Waals surface area contributed by atoms with Crippen LogP contribution in [0.25, 0.3) is 0 Å². The highest BCUT2D eigenvalue weighted by atomic mass is 32.2. The number of aliphatic carboxylic acids is 1. The number of carboxylic acids is 1. The van der Waals surface area contributed by atoms with E-state index < -0.39 is 17.3 Å². The van der Waals surface area contributed by atoms with Gasteiger partial charge in [0.1, 0.15) is 0 Å². The normalized spacial score (nSPS) is 16.3. The van der Waals surface area contributed by atoms with Crippen LogP contribution in [0.3, 0.4) is 0 Å². The molecule has 1 fully saturated rings. The Morgan fingerprint density at radius 2 is 1.90 bits per heavy atom. The third-order valence-electron chi connectivity index (χ3n) is 3.52. The predicted molar refractivity (Wildman–Crippen MR) is 74.6 cm³/mol. The van der Waals surface area contributed by atoms with Crippen LogP contribution in [0.2, 0.25) is 0 Å². The van der Waals surface area contributed by atoms with Crippen LogP contribution in [0.15, 0.2) is 29.2 Å². The summed E-state index contributed by atoms with van der Waals surface area (Å²) in [6.07, 6.45) is 2.07. The molecule has 114 valence electrons. The van der Waals surface area contributed by atoms with Crippen molar-refractivity contribution in [3.05, 3.63) is 29.8 Å². The van der Waals surface area contributed by atoms with Gasteiger partial charge in [-0.15, -0.1) is 0 Å². The Morgan fingerprint density at radius 1 is 1.29 bits per heavy atom. The summed E-state index contributed by atoms with van der Waals surface area (Å²) >= 11 is 0.413. The predicted octanol–water partition coefficient (Wildman–Crippen LogP) is 3.13. The van der Waals surface area contributed by atoms with Crippen molar-refractivity contribution in [1.82, 2.24) is 5.32 Å². The van der Waals surface area contributed by atoms with Gasteiger partial charge >= 0.3 is 5.97 Å². The molecule has 21 heavy (non-hydrogen) atoms. The molecule has 0 spiro atoms. The summed E-state index contributed by atoms with van der Waals surface area (Å²) < 4.78 is 24.4. The Bertz CT molecular complexity index is 530. The molecule has 0 atom stereocenters. The summed E-state index contributed by atoms with van der Waals surface area (Å²) in [5.41, 5.74) is -0.329. The quantitative estimate of drug-likeness (QED) is 0.792. The van der Waals surface area contributed by atoms with Crippen molar-refractivity contribution in [3.63, 3.8) is 0 Å². The number of nitrogens with one attached hydrogen (secondary N) is 1.